The SMILES string of the molecule is Fc1c(Cl)cccc1CO[C@H]1CCCNC1. The first kappa shape index (κ1) is 11.8. The van der Waals surface area contributed by atoms with Crippen molar-refractivity contribution in [3.05, 3.63) is 34.6 Å². The van der Waals surface area contributed by atoms with E-state index in [2.05, 4.69) is 5.32 Å². The molecule has 0 unspecified atom stereocenters. The number of rotatable bonds is 3. The van der Waals surface area contributed by atoms with Gasteiger partial charge in [-0.3, -0.25) is 0 Å². The van der Waals surface area contributed by atoms with Crippen LogP contribution in [0.25, 0.3) is 0 Å². The lowest BCUT2D eigenvalue weighted by molar-refractivity contribution is 0.0239. The van der Waals surface area contributed by atoms with E-state index < -0.39 is 0 Å². The van der Waals surface area contributed by atoms with Crippen molar-refractivity contribution >= 4 is 11.6 Å². The molecule has 0 bridgehead atoms. The Bertz CT molecular complexity index is 353. The number of piperidine rings is 1. The predicted octanol–water partition coefficient (Wildman–Crippen LogP) is 2.75. The zero-order valence-corrected chi connectivity index (χ0v) is 9.77. The molecule has 1 aromatic carbocycles. The molecule has 0 spiro atoms. The van der Waals surface area contributed by atoms with Crippen LogP contribution in [0.3, 0.4) is 0 Å². The third kappa shape index (κ3) is 2.94. The van der Waals surface area contributed by atoms with Crippen LogP contribution in [0.1, 0.15) is 18.4 Å². The summed E-state index contributed by atoms with van der Waals surface area (Å²) in [6, 6.07) is 4.99. The van der Waals surface area contributed by atoms with Crippen LogP contribution < -0.4 is 5.32 Å². The zero-order chi connectivity index (χ0) is 11.4. The van der Waals surface area contributed by atoms with E-state index in [1.54, 1.807) is 18.2 Å². The van der Waals surface area contributed by atoms with Crippen molar-refractivity contribution in [2.24, 2.45) is 0 Å². The van der Waals surface area contributed by atoms with Gasteiger partial charge in [0, 0.05) is 12.1 Å². The van der Waals surface area contributed by atoms with Crippen molar-refractivity contribution in [1.82, 2.24) is 5.32 Å². The van der Waals surface area contributed by atoms with Crippen LogP contribution >= 0.6 is 11.6 Å². The van der Waals surface area contributed by atoms with Gasteiger partial charge in [0.05, 0.1) is 17.7 Å². The molecule has 1 saturated heterocycles. The summed E-state index contributed by atoms with van der Waals surface area (Å²) in [6.45, 7) is 2.19. The summed E-state index contributed by atoms with van der Waals surface area (Å²) in [5, 5.41) is 3.41. The molecule has 1 atom stereocenters. The third-order valence-corrected chi connectivity index (χ3v) is 3.05. The van der Waals surface area contributed by atoms with Gasteiger partial charge in [-0.2, -0.15) is 0 Å². The van der Waals surface area contributed by atoms with Gasteiger partial charge >= 0.3 is 0 Å². The first-order valence-electron chi connectivity index (χ1n) is 5.52. The Morgan fingerprint density at radius 1 is 1.50 bits per heavy atom. The normalized spacial score (nSPS) is 21.0. The third-order valence-electron chi connectivity index (χ3n) is 2.76. The largest absolute Gasteiger partial charge is 0.372 e. The van der Waals surface area contributed by atoms with Gasteiger partial charge in [0.25, 0.3) is 0 Å². The fraction of sp³-hybridized carbons (Fsp3) is 0.500. The highest BCUT2D eigenvalue weighted by Gasteiger charge is 2.14. The lowest BCUT2D eigenvalue weighted by Gasteiger charge is -2.23. The number of ether oxygens (including phenoxy) is 1. The maximum Gasteiger partial charge on any atom is 0.147 e. The van der Waals surface area contributed by atoms with Crippen molar-refractivity contribution in [3.8, 4) is 0 Å². The van der Waals surface area contributed by atoms with Gasteiger partial charge in [-0.25, -0.2) is 4.39 Å². The van der Waals surface area contributed by atoms with Crippen LogP contribution in [0.15, 0.2) is 18.2 Å². The second-order valence-electron chi connectivity index (χ2n) is 3.99. The summed E-state index contributed by atoms with van der Waals surface area (Å²) < 4.78 is 19.2. The fourth-order valence-corrected chi connectivity index (χ4v) is 2.02. The topological polar surface area (TPSA) is 21.3 Å². The molecule has 1 N–H and O–H groups in total. The van der Waals surface area contributed by atoms with Crippen molar-refractivity contribution in [2.45, 2.75) is 25.6 Å². The summed E-state index contributed by atoms with van der Waals surface area (Å²) in [4.78, 5) is 0. The van der Waals surface area contributed by atoms with Gasteiger partial charge in [-0.1, -0.05) is 23.7 Å². The molecule has 0 aliphatic carbocycles. The van der Waals surface area contributed by atoms with E-state index in [-0.39, 0.29) is 16.9 Å². The lowest BCUT2D eigenvalue weighted by Crippen LogP contribution is -2.35. The summed E-state index contributed by atoms with van der Waals surface area (Å²) in [5.41, 5.74) is 0.526. The Balaban J connectivity index is 1.91. The quantitative estimate of drug-likeness (QED) is 0.882. The van der Waals surface area contributed by atoms with E-state index in [0.29, 0.717) is 12.2 Å². The minimum Gasteiger partial charge on any atom is -0.372 e. The molecule has 1 aromatic rings. The standard InChI is InChI=1S/C12H15ClFNO/c13-11-5-1-3-9(12(11)14)8-16-10-4-2-6-15-7-10/h1,3,5,10,15H,2,4,6-8H2/t10-/m0/s1. The number of hydrogen-bond donors (Lipinski definition) is 1. The molecule has 1 fully saturated rings. The van der Waals surface area contributed by atoms with Crippen LogP contribution in [-0.4, -0.2) is 19.2 Å². The van der Waals surface area contributed by atoms with Crippen LogP contribution in [0.5, 0.6) is 0 Å². The molecule has 16 heavy (non-hydrogen) atoms. The molecule has 0 radical (unpaired) electrons. The molecule has 2 rings (SSSR count). The maximum absolute atomic E-state index is 13.5. The van der Waals surface area contributed by atoms with Gasteiger partial charge in [0.15, 0.2) is 0 Å². The molecular weight excluding hydrogens is 229 g/mol. The summed E-state index contributed by atoms with van der Waals surface area (Å²) in [5.74, 6) is -0.368. The number of nitrogens with one attached hydrogen (secondary N) is 1. The van der Waals surface area contributed by atoms with Crippen molar-refractivity contribution in [3.63, 3.8) is 0 Å². The number of benzene rings is 1. The number of hydrogen-bond acceptors (Lipinski definition) is 2. The summed E-state index contributed by atoms with van der Waals surface area (Å²) in [6.07, 6.45) is 2.34. The average molecular weight is 244 g/mol. The molecule has 1 heterocycles. The van der Waals surface area contributed by atoms with E-state index in [0.717, 1.165) is 25.9 Å². The van der Waals surface area contributed by atoms with Gasteiger partial charge in [-0.15, -0.1) is 0 Å². The first-order valence-corrected chi connectivity index (χ1v) is 5.90. The minimum atomic E-state index is -0.368. The molecule has 4 heteroatoms. The highest BCUT2D eigenvalue weighted by Crippen LogP contribution is 2.19. The van der Waals surface area contributed by atoms with E-state index >= 15 is 0 Å². The minimum absolute atomic E-state index is 0.155. The van der Waals surface area contributed by atoms with Crippen molar-refractivity contribution in [1.29, 1.82) is 0 Å². The molecule has 2 nitrogen and oxygen atoms in total. The highest BCUT2D eigenvalue weighted by molar-refractivity contribution is 6.30. The van der Waals surface area contributed by atoms with Gasteiger partial charge in [0.1, 0.15) is 5.82 Å². The summed E-state index contributed by atoms with van der Waals surface area (Å²) >= 11 is 5.69. The van der Waals surface area contributed by atoms with E-state index in [4.69, 9.17) is 16.3 Å². The molecular formula is C12H15ClFNO. The second kappa shape index (κ2) is 5.62. The van der Waals surface area contributed by atoms with E-state index in [9.17, 15) is 4.39 Å². The van der Waals surface area contributed by atoms with Gasteiger partial charge < -0.3 is 10.1 Å². The maximum atomic E-state index is 13.5. The Morgan fingerprint density at radius 3 is 3.12 bits per heavy atom. The van der Waals surface area contributed by atoms with E-state index in [1.807, 2.05) is 0 Å². The van der Waals surface area contributed by atoms with Gasteiger partial charge in [0.2, 0.25) is 0 Å². The van der Waals surface area contributed by atoms with E-state index in [1.165, 1.54) is 0 Å². The molecule has 0 saturated carbocycles. The molecule has 0 amide bonds. The smallest absolute Gasteiger partial charge is 0.147 e. The highest BCUT2D eigenvalue weighted by atomic mass is 35.5. The van der Waals surface area contributed by atoms with Crippen LogP contribution in [0.4, 0.5) is 4.39 Å². The molecule has 1 aliphatic heterocycles. The average Bonchev–Trinajstić information content (AvgIpc) is 2.32. The Kier molecular flexibility index (Phi) is 4.16. The van der Waals surface area contributed by atoms with Crippen LogP contribution in [-0.2, 0) is 11.3 Å². The van der Waals surface area contributed by atoms with Crippen molar-refractivity contribution < 1.29 is 9.13 Å². The number of halogens is 2. The molecule has 88 valence electrons. The molecule has 0 aromatic heterocycles. The molecule has 1 aliphatic rings. The zero-order valence-electron chi connectivity index (χ0n) is 9.01. The van der Waals surface area contributed by atoms with Crippen LogP contribution in [0.2, 0.25) is 5.02 Å². The fourth-order valence-electron chi connectivity index (χ4n) is 1.83. The van der Waals surface area contributed by atoms with Crippen molar-refractivity contribution in [2.75, 3.05) is 13.1 Å². The predicted molar refractivity (Wildman–Crippen MR) is 62.1 cm³/mol. The Labute approximate surface area is 99.7 Å². The monoisotopic (exact) mass is 243 g/mol. The van der Waals surface area contributed by atoms with Crippen LogP contribution in [0, 0.1) is 5.82 Å². The first-order chi connectivity index (χ1) is 7.77. The lowest BCUT2D eigenvalue weighted by atomic mass is 10.1. The van der Waals surface area contributed by atoms with Gasteiger partial charge in [-0.05, 0) is 25.5 Å². The summed E-state index contributed by atoms with van der Waals surface area (Å²) in [7, 11) is 0. The Morgan fingerprint density at radius 2 is 2.38 bits per heavy atom. The second-order valence-corrected chi connectivity index (χ2v) is 4.40. The Hall–Kier alpha value is -0.640.